The van der Waals surface area contributed by atoms with Crippen molar-refractivity contribution in [2.24, 2.45) is 0 Å². The number of ketones is 1. The molecular formula is C18H13Cl2NOS. The first kappa shape index (κ1) is 15.1. The Morgan fingerprint density at radius 3 is 2.70 bits per heavy atom. The third-order valence-electron chi connectivity index (χ3n) is 4.21. The van der Waals surface area contributed by atoms with Crippen LogP contribution in [0.4, 0.5) is 5.69 Å². The van der Waals surface area contributed by atoms with Gasteiger partial charge in [0.05, 0.1) is 20.6 Å². The van der Waals surface area contributed by atoms with Crippen LogP contribution in [0.2, 0.25) is 10.0 Å². The van der Waals surface area contributed by atoms with Gasteiger partial charge in [-0.25, -0.2) is 0 Å². The molecule has 116 valence electrons. The number of hydrogen-bond donors (Lipinski definition) is 1. The number of carbonyl (C=O) groups is 1. The van der Waals surface area contributed by atoms with Gasteiger partial charge in [0.15, 0.2) is 5.78 Å². The molecule has 0 aromatic heterocycles. The number of rotatable bonds is 1. The van der Waals surface area contributed by atoms with Crippen LogP contribution in [0, 0.1) is 0 Å². The molecule has 1 atom stereocenters. The van der Waals surface area contributed by atoms with E-state index >= 15 is 0 Å². The monoisotopic (exact) mass is 361 g/mol. The molecule has 23 heavy (non-hydrogen) atoms. The molecule has 2 aliphatic rings. The first-order valence-corrected chi connectivity index (χ1v) is 8.94. The Morgan fingerprint density at radius 1 is 1.04 bits per heavy atom. The van der Waals surface area contributed by atoms with E-state index in [1.807, 2.05) is 36.4 Å². The van der Waals surface area contributed by atoms with E-state index in [0.29, 0.717) is 16.5 Å². The lowest BCUT2D eigenvalue weighted by atomic mass is 9.85. The summed E-state index contributed by atoms with van der Waals surface area (Å²) in [5.41, 5.74) is 3.14. The third-order valence-corrected chi connectivity index (χ3v) is 6.20. The number of carbonyl (C=O) groups excluding carboxylic acids is 1. The molecule has 2 aromatic carbocycles. The van der Waals surface area contributed by atoms with Crippen molar-refractivity contribution in [3.05, 3.63) is 68.7 Å². The number of allylic oxidation sites excluding steroid dienone is 2. The topological polar surface area (TPSA) is 29.1 Å². The van der Waals surface area contributed by atoms with Gasteiger partial charge in [0.25, 0.3) is 0 Å². The molecule has 1 heterocycles. The van der Waals surface area contributed by atoms with Crippen molar-refractivity contribution in [1.82, 2.24) is 0 Å². The fraction of sp³-hybridized carbons (Fsp3) is 0.167. The molecule has 0 saturated carbocycles. The quantitative estimate of drug-likeness (QED) is 0.688. The summed E-state index contributed by atoms with van der Waals surface area (Å²) < 4.78 is 0. The molecule has 2 aromatic rings. The van der Waals surface area contributed by atoms with Crippen molar-refractivity contribution in [2.45, 2.75) is 23.7 Å². The minimum Gasteiger partial charge on any atom is -0.357 e. The van der Waals surface area contributed by atoms with Gasteiger partial charge in [-0.3, -0.25) is 4.79 Å². The minimum absolute atomic E-state index is 0.134. The highest BCUT2D eigenvalue weighted by atomic mass is 35.5. The van der Waals surface area contributed by atoms with Crippen LogP contribution >= 0.6 is 35.0 Å². The van der Waals surface area contributed by atoms with Gasteiger partial charge in [-0.05, 0) is 42.2 Å². The van der Waals surface area contributed by atoms with Crippen molar-refractivity contribution in [2.75, 3.05) is 5.32 Å². The Bertz CT molecular complexity index is 847. The molecule has 0 fully saturated rings. The average molecular weight is 362 g/mol. The van der Waals surface area contributed by atoms with Gasteiger partial charge >= 0.3 is 0 Å². The SMILES string of the molecule is O=C1CC(c2ccc(Cl)c(Cl)c2)CC2=C1Sc1ccccc1N2. The largest absolute Gasteiger partial charge is 0.357 e. The first-order valence-electron chi connectivity index (χ1n) is 7.37. The summed E-state index contributed by atoms with van der Waals surface area (Å²) >= 11 is 13.7. The van der Waals surface area contributed by atoms with Crippen LogP contribution in [0.5, 0.6) is 0 Å². The maximum atomic E-state index is 12.6. The van der Waals surface area contributed by atoms with Crippen LogP contribution in [-0.2, 0) is 4.79 Å². The normalized spacial score (nSPS) is 19.9. The zero-order valence-corrected chi connectivity index (χ0v) is 14.4. The summed E-state index contributed by atoms with van der Waals surface area (Å²) in [5, 5.41) is 4.51. The van der Waals surface area contributed by atoms with Gasteiger partial charge in [0, 0.05) is 17.0 Å². The van der Waals surface area contributed by atoms with Gasteiger partial charge in [0.2, 0.25) is 0 Å². The summed E-state index contributed by atoms with van der Waals surface area (Å²) in [6.07, 6.45) is 1.31. The van der Waals surface area contributed by atoms with E-state index in [2.05, 4.69) is 5.32 Å². The standard InChI is InChI=1S/C18H13Cl2NOS/c19-12-6-5-10(7-13(12)20)11-8-15-18(16(22)9-11)23-17-4-2-1-3-14(17)21-15/h1-7,11,21H,8-9H2. The summed E-state index contributed by atoms with van der Waals surface area (Å²) in [5.74, 6) is 0.323. The predicted octanol–water partition coefficient (Wildman–Crippen LogP) is 5.87. The smallest absolute Gasteiger partial charge is 0.171 e. The molecule has 1 aliphatic heterocycles. The van der Waals surface area contributed by atoms with Crippen molar-refractivity contribution in [1.29, 1.82) is 0 Å². The lowest BCUT2D eigenvalue weighted by molar-refractivity contribution is -0.115. The molecule has 0 radical (unpaired) electrons. The highest BCUT2D eigenvalue weighted by Gasteiger charge is 2.32. The molecule has 1 aliphatic carbocycles. The maximum absolute atomic E-state index is 12.6. The van der Waals surface area contributed by atoms with Crippen LogP contribution in [0.15, 0.2) is 58.0 Å². The number of nitrogens with one attached hydrogen (secondary N) is 1. The molecule has 5 heteroatoms. The lowest BCUT2D eigenvalue weighted by Crippen LogP contribution is -2.22. The van der Waals surface area contributed by atoms with Crippen LogP contribution in [0.3, 0.4) is 0 Å². The molecule has 4 rings (SSSR count). The number of fused-ring (bicyclic) bond motifs is 1. The van der Waals surface area contributed by atoms with Crippen molar-refractivity contribution < 1.29 is 4.79 Å². The zero-order chi connectivity index (χ0) is 16.0. The maximum Gasteiger partial charge on any atom is 0.171 e. The number of halogens is 2. The van der Waals surface area contributed by atoms with Crippen molar-refractivity contribution in [3.8, 4) is 0 Å². The van der Waals surface area contributed by atoms with Gasteiger partial charge in [-0.2, -0.15) is 0 Å². The van der Waals surface area contributed by atoms with E-state index in [0.717, 1.165) is 33.2 Å². The van der Waals surface area contributed by atoms with Gasteiger partial charge in [0.1, 0.15) is 0 Å². The molecule has 1 unspecified atom stereocenters. The minimum atomic E-state index is 0.134. The average Bonchev–Trinajstić information content (AvgIpc) is 2.56. The van der Waals surface area contributed by atoms with E-state index in [9.17, 15) is 4.79 Å². The number of para-hydroxylation sites is 1. The Hall–Kier alpha value is -1.42. The molecule has 0 saturated heterocycles. The highest BCUT2D eigenvalue weighted by molar-refractivity contribution is 8.04. The first-order chi connectivity index (χ1) is 11.1. The number of benzene rings is 2. The molecular weight excluding hydrogens is 349 g/mol. The lowest BCUT2D eigenvalue weighted by Gasteiger charge is -2.31. The number of hydrogen-bond acceptors (Lipinski definition) is 3. The second-order valence-electron chi connectivity index (χ2n) is 5.73. The van der Waals surface area contributed by atoms with Crippen molar-refractivity contribution in [3.63, 3.8) is 0 Å². The Balaban J connectivity index is 1.66. The summed E-state index contributed by atoms with van der Waals surface area (Å²) in [6, 6.07) is 13.7. The van der Waals surface area contributed by atoms with E-state index in [1.54, 1.807) is 17.8 Å². The molecule has 2 nitrogen and oxygen atoms in total. The fourth-order valence-corrected chi connectivity index (χ4v) is 4.41. The van der Waals surface area contributed by atoms with Crippen LogP contribution in [0.1, 0.15) is 24.3 Å². The van der Waals surface area contributed by atoms with Crippen LogP contribution in [-0.4, -0.2) is 5.78 Å². The molecule has 0 spiro atoms. The Kier molecular flexibility index (Phi) is 3.88. The number of thioether (sulfide) groups is 1. The molecule has 1 N–H and O–H groups in total. The van der Waals surface area contributed by atoms with E-state index in [4.69, 9.17) is 23.2 Å². The summed E-state index contributed by atoms with van der Waals surface area (Å²) in [7, 11) is 0. The second kappa shape index (κ2) is 5.90. The van der Waals surface area contributed by atoms with E-state index in [1.165, 1.54) is 0 Å². The number of anilines is 1. The second-order valence-corrected chi connectivity index (χ2v) is 7.60. The Labute approximate surface area is 148 Å². The van der Waals surface area contributed by atoms with E-state index < -0.39 is 0 Å². The predicted molar refractivity (Wildman–Crippen MR) is 96.4 cm³/mol. The van der Waals surface area contributed by atoms with E-state index in [-0.39, 0.29) is 11.7 Å². The highest BCUT2D eigenvalue weighted by Crippen LogP contribution is 2.47. The molecule has 0 amide bonds. The van der Waals surface area contributed by atoms with Crippen LogP contribution in [0.25, 0.3) is 0 Å². The third kappa shape index (κ3) is 2.78. The zero-order valence-electron chi connectivity index (χ0n) is 12.1. The Morgan fingerprint density at radius 2 is 1.87 bits per heavy atom. The fourth-order valence-electron chi connectivity index (χ4n) is 3.06. The van der Waals surface area contributed by atoms with Crippen molar-refractivity contribution >= 4 is 46.4 Å². The van der Waals surface area contributed by atoms with Gasteiger partial charge in [-0.1, -0.05) is 53.2 Å². The van der Waals surface area contributed by atoms with Gasteiger partial charge in [-0.15, -0.1) is 0 Å². The van der Waals surface area contributed by atoms with Crippen LogP contribution < -0.4 is 5.32 Å². The summed E-state index contributed by atoms with van der Waals surface area (Å²) in [6.45, 7) is 0. The summed E-state index contributed by atoms with van der Waals surface area (Å²) in [4.78, 5) is 14.5. The molecule has 0 bridgehead atoms. The number of Topliss-reactive ketones (excluding diaryl/α,β-unsaturated/α-hetero) is 1. The van der Waals surface area contributed by atoms with Gasteiger partial charge < -0.3 is 5.32 Å².